The van der Waals surface area contributed by atoms with E-state index in [1.165, 1.54) is 28.4 Å². The molecular formula is C15H22IN. The standard InChI is InChI=1S/C15H22IN/c1-3-13-7-8-15(11(13)2)17-10-12-5-4-6-14(16)9-12/h4-6,9,11,13,15,17H,3,7-8,10H2,1-2H3. The van der Waals surface area contributed by atoms with E-state index < -0.39 is 0 Å². The summed E-state index contributed by atoms with van der Waals surface area (Å²) in [4.78, 5) is 0. The smallest absolute Gasteiger partial charge is 0.0208 e. The van der Waals surface area contributed by atoms with Crippen LogP contribution in [0.1, 0.15) is 38.7 Å². The first kappa shape index (κ1) is 13.3. The van der Waals surface area contributed by atoms with E-state index in [2.05, 4.69) is 66.0 Å². The minimum atomic E-state index is 0.720. The maximum absolute atomic E-state index is 3.74. The summed E-state index contributed by atoms with van der Waals surface area (Å²) >= 11 is 2.38. The Hall–Kier alpha value is -0.0900. The number of nitrogens with one attached hydrogen (secondary N) is 1. The van der Waals surface area contributed by atoms with Gasteiger partial charge in [-0.1, -0.05) is 32.4 Å². The first-order valence-corrected chi connectivity index (χ1v) is 7.76. The molecule has 1 nitrogen and oxygen atoms in total. The fraction of sp³-hybridized carbons (Fsp3) is 0.600. The molecule has 94 valence electrons. The van der Waals surface area contributed by atoms with E-state index in [9.17, 15) is 0 Å². The SMILES string of the molecule is CCC1CCC(NCc2cccc(I)c2)C1C. The van der Waals surface area contributed by atoms with Crippen LogP contribution in [-0.4, -0.2) is 6.04 Å². The van der Waals surface area contributed by atoms with Gasteiger partial charge < -0.3 is 5.32 Å². The number of hydrogen-bond donors (Lipinski definition) is 1. The van der Waals surface area contributed by atoms with Gasteiger partial charge in [-0.3, -0.25) is 0 Å². The Kier molecular flexibility index (Phi) is 4.86. The van der Waals surface area contributed by atoms with Gasteiger partial charge in [0, 0.05) is 16.2 Å². The molecule has 0 spiro atoms. The van der Waals surface area contributed by atoms with Gasteiger partial charge in [-0.2, -0.15) is 0 Å². The van der Waals surface area contributed by atoms with Crippen LogP contribution in [0.15, 0.2) is 24.3 Å². The van der Waals surface area contributed by atoms with Crippen LogP contribution in [0.4, 0.5) is 0 Å². The Labute approximate surface area is 119 Å². The van der Waals surface area contributed by atoms with Crippen molar-refractivity contribution in [2.45, 2.75) is 45.7 Å². The Morgan fingerprint density at radius 2 is 2.18 bits per heavy atom. The summed E-state index contributed by atoms with van der Waals surface area (Å²) < 4.78 is 1.33. The maximum Gasteiger partial charge on any atom is 0.0208 e. The maximum atomic E-state index is 3.74. The molecule has 1 aromatic carbocycles. The Bertz CT molecular complexity index is 364. The molecule has 3 unspecified atom stereocenters. The molecular weight excluding hydrogens is 321 g/mol. The fourth-order valence-corrected chi connectivity index (χ4v) is 3.62. The molecule has 0 aromatic heterocycles. The molecule has 1 aliphatic carbocycles. The van der Waals surface area contributed by atoms with Crippen LogP contribution in [0.25, 0.3) is 0 Å². The normalized spacial score (nSPS) is 28.5. The van der Waals surface area contributed by atoms with E-state index in [1.807, 2.05) is 0 Å². The molecule has 2 rings (SSSR count). The second-order valence-corrected chi connectivity index (χ2v) is 6.47. The quantitative estimate of drug-likeness (QED) is 0.808. The topological polar surface area (TPSA) is 12.0 Å². The largest absolute Gasteiger partial charge is 0.310 e. The molecule has 3 atom stereocenters. The Morgan fingerprint density at radius 1 is 1.35 bits per heavy atom. The van der Waals surface area contributed by atoms with Crippen LogP contribution in [0.2, 0.25) is 0 Å². The molecule has 0 amide bonds. The summed E-state index contributed by atoms with van der Waals surface area (Å²) in [5.41, 5.74) is 1.41. The van der Waals surface area contributed by atoms with E-state index in [-0.39, 0.29) is 0 Å². The second kappa shape index (κ2) is 6.19. The van der Waals surface area contributed by atoms with Crippen molar-refractivity contribution in [3.05, 3.63) is 33.4 Å². The molecule has 1 fully saturated rings. The van der Waals surface area contributed by atoms with Gasteiger partial charge in [-0.05, 0) is 65.0 Å². The van der Waals surface area contributed by atoms with Gasteiger partial charge in [0.05, 0.1) is 0 Å². The number of hydrogen-bond acceptors (Lipinski definition) is 1. The van der Waals surface area contributed by atoms with Crippen LogP contribution >= 0.6 is 22.6 Å². The van der Waals surface area contributed by atoms with Gasteiger partial charge in [-0.15, -0.1) is 0 Å². The van der Waals surface area contributed by atoms with Gasteiger partial charge in [0.25, 0.3) is 0 Å². The second-order valence-electron chi connectivity index (χ2n) is 5.22. The van der Waals surface area contributed by atoms with Crippen molar-refractivity contribution in [1.29, 1.82) is 0 Å². The summed E-state index contributed by atoms with van der Waals surface area (Å²) in [6, 6.07) is 9.50. The highest BCUT2D eigenvalue weighted by molar-refractivity contribution is 14.1. The lowest BCUT2D eigenvalue weighted by Crippen LogP contribution is -2.32. The number of halogens is 1. The van der Waals surface area contributed by atoms with Crippen LogP contribution in [-0.2, 0) is 6.54 Å². The zero-order chi connectivity index (χ0) is 12.3. The molecule has 0 saturated heterocycles. The third kappa shape index (κ3) is 3.44. The molecule has 2 heteroatoms. The Morgan fingerprint density at radius 3 is 2.82 bits per heavy atom. The van der Waals surface area contributed by atoms with Crippen molar-refractivity contribution in [2.24, 2.45) is 11.8 Å². The molecule has 0 bridgehead atoms. The lowest BCUT2D eigenvalue weighted by atomic mass is 9.93. The van der Waals surface area contributed by atoms with E-state index in [0.29, 0.717) is 0 Å². The lowest BCUT2D eigenvalue weighted by molar-refractivity contribution is 0.344. The minimum Gasteiger partial charge on any atom is -0.310 e. The molecule has 17 heavy (non-hydrogen) atoms. The number of rotatable bonds is 4. The lowest BCUT2D eigenvalue weighted by Gasteiger charge is -2.21. The molecule has 0 radical (unpaired) electrons. The summed E-state index contributed by atoms with van der Waals surface area (Å²) in [5.74, 6) is 1.77. The molecule has 1 N–H and O–H groups in total. The highest BCUT2D eigenvalue weighted by Gasteiger charge is 2.30. The van der Waals surface area contributed by atoms with Gasteiger partial charge in [-0.25, -0.2) is 0 Å². The van der Waals surface area contributed by atoms with E-state index >= 15 is 0 Å². The zero-order valence-electron chi connectivity index (χ0n) is 10.7. The first-order chi connectivity index (χ1) is 8.20. The molecule has 1 aromatic rings. The third-order valence-electron chi connectivity index (χ3n) is 4.21. The van der Waals surface area contributed by atoms with Crippen molar-refractivity contribution in [2.75, 3.05) is 0 Å². The van der Waals surface area contributed by atoms with Crippen LogP contribution in [0.5, 0.6) is 0 Å². The van der Waals surface area contributed by atoms with Crippen molar-refractivity contribution in [1.82, 2.24) is 5.32 Å². The predicted octanol–water partition coefficient (Wildman–Crippen LogP) is 4.21. The van der Waals surface area contributed by atoms with E-state index in [0.717, 1.165) is 24.4 Å². The summed E-state index contributed by atoms with van der Waals surface area (Å²) in [6.07, 6.45) is 4.09. The van der Waals surface area contributed by atoms with E-state index in [1.54, 1.807) is 0 Å². The van der Waals surface area contributed by atoms with Crippen molar-refractivity contribution < 1.29 is 0 Å². The van der Waals surface area contributed by atoms with Crippen molar-refractivity contribution in [3.63, 3.8) is 0 Å². The van der Waals surface area contributed by atoms with Gasteiger partial charge in [0.1, 0.15) is 0 Å². The van der Waals surface area contributed by atoms with Crippen LogP contribution in [0.3, 0.4) is 0 Å². The van der Waals surface area contributed by atoms with Crippen molar-refractivity contribution >= 4 is 22.6 Å². The summed E-state index contributed by atoms with van der Waals surface area (Å²) in [6.45, 7) is 5.75. The third-order valence-corrected chi connectivity index (χ3v) is 4.88. The van der Waals surface area contributed by atoms with Crippen LogP contribution < -0.4 is 5.32 Å². The van der Waals surface area contributed by atoms with E-state index in [4.69, 9.17) is 0 Å². The Balaban J connectivity index is 1.87. The average molecular weight is 343 g/mol. The minimum absolute atomic E-state index is 0.720. The van der Waals surface area contributed by atoms with Crippen LogP contribution in [0, 0.1) is 15.4 Å². The molecule has 0 aliphatic heterocycles. The monoisotopic (exact) mass is 343 g/mol. The zero-order valence-corrected chi connectivity index (χ0v) is 12.9. The highest BCUT2D eigenvalue weighted by Crippen LogP contribution is 2.33. The summed E-state index contributed by atoms with van der Waals surface area (Å²) in [5, 5.41) is 3.74. The molecule has 1 aliphatic rings. The highest BCUT2D eigenvalue weighted by atomic mass is 127. The predicted molar refractivity (Wildman–Crippen MR) is 82.0 cm³/mol. The van der Waals surface area contributed by atoms with Gasteiger partial charge in [0.15, 0.2) is 0 Å². The summed E-state index contributed by atoms with van der Waals surface area (Å²) in [7, 11) is 0. The molecule has 1 saturated carbocycles. The average Bonchev–Trinajstić information content (AvgIpc) is 2.67. The fourth-order valence-electron chi connectivity index (χ4n) is 3.01. The van der Waals surface area contributed by atoms with Gasteiger partial charge >= 0.3 is 0 Å². The van der Waals surface area contributed by atoms with Gasteiger partial charge in [0.2, 0.25) is 0 Å². The molecule has 0 heterocycles. The number of benzene rings is 1. The first-order valence-electron chi connectivity index (χ1n) is 6.68. The van der Waals surface area contributed by atoms with Crippen molar-refractivity contribution in [3.8, 4) is 0 Å².